The van der Waals surface area contributed by atoms with E-state index in [1.54, 1.807) is 0 Å². The van der Waals surface area contributed by atoms with E-state index < -0.39 is 0 Å². The molecule has 1 aromatic carbocycles. The minimum atomic E-state index is 0.170. The van der Waals surface area contributed by atoms with Crippen molar-refractivity contribution in [1.82, 2.24) is 0 Å². The van der Waals surface area contributed by atoms with Gasteiger partial charge in [0, 0.05) is 11.6 Å². The highest BCUT2D eigenvalue weighted by molar-refractivity contribution is 5.92. The first-order chi connectivity index (χ1) is 9.29. The summed E-state index contributed by atoms with van der Waals surface area (Å²) in [6.07, 6.45) is 8.71. The number of hydrogen-bond acceptors (Lipinski definition) is 1. The van der Waals surface area contributed by atoms with Crippen molar-refractivity contribution in [3.63, 3.8) is 0 Å². The zero-order valence-electron chi connectivity index (χ0n) is 11.9. The van der Waals surface area contributed by atoms with Crippen LogP contribution >= 0.6 is 0 Å². The average Bonchev–Trinajstić information content (AvgIpc) is 2.47. The van der Waals surface area contributed by atoms with Gasteiger partial charge in [-0.05, 0) is 30.9 Å². The Kier molecular flexibility index (Phi) is 5.44. The summed E-state index contributed by atoms with van der Waals surface area (Å²) >= 11 is 0. The highest BCUT2D eigenvalue weighted by atomic mass is 16.1. The standard InChI is InChI=1S/C17H25NO/c1-2-15(13-14-9-5-3-6-10-14)17(19)18-16-11-7-4-8-12-16/h4,7-8,11-12,14-15H,2-3,5-6,9-10,13H2,1H3,(H,18,19). The molecule has 2 rings (SSSR count). The molecule has 0 spiro atoms. The fourth-order valence-corrected chi connectivity index (χ4v) is 3.05. The van der Waals surface area contributed by atoms with Gasteiger partial charge < -0.3 is 5.32 Å². The maximum absolute atomic E-state index is 12.3. The molecule has 1 saturated carbocycles. The average molecular weight is 259 g/mol. The first-order valence-electron chi connectivity index (χ1n) is 7.65. The predicted molar refractivity (Wildman–Crippen MR) is 80.0 cm³/mol. The molecular weight excluding hydrogens is 234 g/mol. The number of anilines is 1. The lowest BCUT2D eigenvalue weighted by Gasteiger charge is -2.25. The lowest BCUT2D eigenvalue weighted by atomic mass is 9.82. The van der Waals surface area contributed by atoms with E-state index in [1.807, 2.05) is 30.3 Å². The molecular formula is C17H25NO. The Morgan fingerprint density at radius 1 is 1.21 bits per heavy atom. The molecule has 0 heterocycles. The quantitative estimate of drug-likeness (QED) is 0.821. The molecule has 1 aliphatic rings. The number of rotatable bonds is 5. The molecule has 0 bridgehead atoms. The second-order valence-corrected chi connectivity index (χ2v) is 5.70. The lowest BCUT2D eigenvalue weighted by molar-refractivity contribution is -0.120. The Labute approximate surface area is 116 Å². The van der Waals surface area contributed by atoms with E-state index in [4.69, 9.17) is 0 Å². The predicted octanol–water partition coefficient (Wildman–Crippen LogP) is 4.62. The number of carbonyl (C=O) groups is 1. The molecule has 19 heavy (non-hydrogen) atoms. The van der Waals surface area contributed by atoms with Crippen LogP contribution in [0.15, 0.2) is 30.3 Å². The topological polar surface area (TPSA) is 29.1 Å². The van der Waals surface area contributed by atoms with Crippen LogP contribution in [0.1, 0.15) is 51.9 Å². The fourth-order valence-electron chi connectivity index (χ4n) is 3.05. The SMILES string of the molecule is CCC(CC1CCCCC1)C(=O)Nc1ccccc1. The maximum Gasteiger partial charge on any atom is 0.227 e. The van der Waals surface area contributed by atoms with Crippen LogP contribution in [0.25, 0.3) is 0 Å². The van der Waals surface area contributed by atoms with Crippen molar-refractivity contribution in [2.45, 2.75) is 51.9 Å². The molecule has 2 heteroatoms. The molecule has 1 amide bonds. The molecule has 104 valence electrons. The molecule has 1 unspecified atom stereocenters. The van der Waals surface area contributed by atoms with Crippen LogP contribution in [0.5, 0.6) is 0 Å². The van der Waals surface area contributed by atoms with Gasteiger partial charge in [-0.2, -0.15) is 0 Å². The monoisotopic (exact) mass is 259 g/mol. The molecule has 0 aliphatic heterocycles. The maximum atomic E-state index is 12.3. The van der Waals surface area contributed by atoms with Crippen molar-refractivity contribution >= 4 is 11.6 Å². The second kappa shape index (κ2) is 7.32. The van der Waals surface area contributed by atoms with E-state index in [2.05, 4.69) is 12.2 Å². The van der Waals surface area contributed by atoms with Crippen LogP contribution in [-0.2, 0) is 4.79 Å². The van der Waals surface area contributed by atoms with E-state index in [9.17, 15) is 4.79 Å². The summed E-state index contributed by atoms with van der Waals surface area (Å²) < 4.78 is 0. The first-order valence-corrected chi connectivity index (χ1v) is 7.65. The molecule has 2 nitrogen and oxygen atoms in total. The van der Waals surface area contributed by atoms with Gasteiger partial charge in [-0.3, -0.25) is 4.79 Å². The Morgan fingerprint density at radius 3 is 2.53 bits per heavy atom. The molecule has 1 fully saturated rings. The minimum Gasteiger partial charge on any atom is -0.326 e. The summed E-state index contributed by atoms with van der Waals surface area (Å²) in [6.45, 7) is 2.12. The van der Waals surface area contributed by atoms with Crippen LogP contribution < -0.4 is 5.32 Å². The van der Waals surface area contributed by atoms with Crippen molar-refractivity contribution in [1.29, 1.82) is 0 Å². The summed E-state index contributed by atoms with van der Waals surface area (Å²) in [5.74, 6) is 1.13. The van der Waals surface area contributed by atoms with Crippen molar-refractivity contribution in [3.8, 4) is 0 Å². The summed E-state index contributed by atoms with van der Waals surface area (Å²) in [4.78, 5) is 12.3. The van der Waals surface area contributed by atoms with E-state index in [1.165, 1.54) is 32.1 Å². The fraction of sp³-hybridized carbons (Fsp3) is 0.588. The highest BCUT2D eigenvalue weighted by Crippen LogP contribution is 2.30. The molecule has 1 aliphatic carbocycles. The zero-order chi connectivity index (χ0) is 13.5. The Bertz CT molecular complexity index is 382. The van der Waals surface area contributed by atoms with Crippen LogP contribution in [0, 0.1) is 11.8 Å². The molecule has 0 aromatic heterocycles. The van der Waals surface area contributed by atoms with Gasteiger partial charge >= 0.3 is 0 Å². The van der Waals surface area contributed by atoms with Crippen LogP contribution in [-0.4, -0.2) is 5.91 Å². The van der Waals surface area contributed by atoms with Gasteiger partial charge in [-0.25, -0.2) is 0 Å². The lowest BCUT2D eigenvalue weighted by Crippen LogP contribution is -2.25. The number of nitrogens with one attached hydrogen (secondary N) is 1. The van der Waals surface area contributed by atoms with Crippen LogP contribution in [0.4, 0.5) is 5.69 Å². The van der Waals surface area contributed by atoms with Crippen LogP contribution in [0.3, 0.4) is 0 Å². The number of carbonyl (C=O) groups excluding carboxylic acids is 1. The van der Waals surface area contributed by atoms with Crippen molar-refractivity contribution in [3.05, 3.63) is 30.3 Å². The summed E-state index contributed by atoms with van der Waals surface area (Å²) in [7, 11) is 0. The summed E-state index contributed by atoms with van der Waals surface area (Å²) in [5.41, 5.74) is 0.912. The van der Waals surface area contributed by atoms with Crippen molar-refractivity contribution < 1.29 is 4.79 Å². The van der Waals surface area contributed by atoms with E-state index in [0.29, 0.717) is 0 Å². The number of hydrogen-bond donors (Lipinski definition) is 1. The zero-order valence-corrected chi connectivity index (χ0v) is 11.9. The number of benzene rings is 1. The van der Waals surface area contributed by atoms with E-state index in [0.717, 1.165) is 24.4 Å². The molecule has 0 radical (unpaired) electrons. The van der Waals surface area contributed by atoms with Gasteiger partial charge in [0.05, 0.1) is 0 Å². The van der Waals surface area contributed by atoms with Crippen LogP contribution in [0.2, 0.25) is 0 Å². The van der Waals surface area contributed by atoms with Gasteiger partial charge in [-0.15, -0.1) is 0 Å². The minimum absolute atomic E-state index is 0.170. The first kappa shape index (κ1) is 14.1. The normalized spacial score (nSPS) is 17.9. The van der Waals surface area contributed by atoms with Gasteiger partial charge in [0.15, 0.2) is 0 Å². The Morgan fingerprint density at radius 2 is 1.89 bits per heavy atom. The van der Waals surface area contributed by atoms with Gasteiger partial charge in [0.1, 0.15) is 0 Å². The van der Waals surface area contributed by atoms with E-state index >= 15 is 0 Å². The molecule has 1 atom stereocenters. The van der Waals surface area contributed by atoms with Crippen molar-refractivity contribution in [2.75, 3.05) is 5.32 Å². The Hall–Kier alpha value is -1.31. The van der Waals surface area contributed by atoms with Gasteiger partial charge in [0.25, 0.3) is 0 Å². The number of amides is 1. The third-order valence-corrected chi connectivity index (χ3v) is 4.25. The third kappa shape index (κ3) is 4.38. The number of para-hydroxylation sites is 1. The van der Waals surface area contributed by atoms with Crippen molar-refractivity contribution in [2.24, 2.45) is 11.8 Å². The molecule has 1 N–H and O–H groups in total. The van der Waals surface area contributed by atoms with Gasteiger partial charge in [-0.1, -0.05) is 57.2 Å². The molecule has 0 saturated heterocycles. The Balaban J connectivity index is 1.87. The smallest absolute Gasteiger partial charge is 0.227 e. The van der Waals surface area contributed by atoms with E-state index in [-0.39, 0.29) is 11.8 Å². The summed E-state index contributed by atoms with van der Waals surface area (Å²) in [6, 6.07) is 9.78. The summed E-state index contributed by atoms with van der Waals surface area (Å²) in [5, 5.41) is 3.04. The largest absolute Gasteiger partial charge is 0.326 e. The second-order valence-electron chi connectivity index (χ2n) is 5.70. The molecule has 1 aromatic rings. The third-order valence-electron chi connectivity index (χ3n) is 4.25. The highest BCUT2D eigenvalue weighted by Gasteiger charge is 2.22. The van der Waals surface area contributed by atoms with Gasteiger partial charge in [0.2, 0.25) is 5.91 Å².